The first-order valence-electron chi connectivity index (χ1n) is 4.48. The van der Waals surface area contributed by atoms with E-state index in [2.05, 4.69) is 14.5 Å². The zero-order chi connectivity index (χ0) is 14.8. The lowest BCUT2D eigenvalue weighted by Crippen LogP contribution is -2.22. The maximum atomic E-state index is 12.8. The summed E-state index contributed by atoms with van der Waals surface area (Å²) in [7, 11) is 0.876. The number of nitrogens with zero attached hydrogens (tertiary/aromatic N) is 1. The van der Waals surface area contributed by atoms with E-state index >= 15 is 0 Å². The molecule has 0 aliphatic heterocycles. The van der Waals surface area contributed by atoms with Gasteiger partial charge in [0, 0.05) is 9.77 Å². The minimum atomic E-state index is -5.24. The zero-order valence-electron chi connectivity index (χ0n) is 9.09. The van der Waals surface area contributed by atoms with Crippen LogP contribution in [0.1, 0.15) is 22.5 Å². The molecule has 0 spiro atoms. The second-order valence-electron chi connectivity index (χ2n) is 3.04. The van der Waals surface area contributed by atoms with Crippen molar-refractivity contribution in [1.29, 1.82) is 0 Å². The van der Waals surface area contributed by atoms with Gasteiger partial charge in [0.05, 0.1) is 12.7 Å². The van der Waals surface area contributed by atoms with Crippen molar-refractivity contribution in [2.45, 2.75) is 12.8 Å². The van der Waals surface area contributed by atoms with E-state index < -0.39 is 35.8 Å². The monoisotopic (exact) mass is 397 g/mol. The maximum absolute atomic E-state index is 12.8. The number of esters is 1. The summed E-state index contributed by atoms with van der Waals surface area (Å²) in [4.78, 5) is 14.6. The molecule has 19 heavy (non-hydrogen) atoms. The van der Waals surface area contributed by atoms with Crippen molar-refractivity contribution in [2.24, 2.45) is 0 Å². The second kappa shape index (κ2) is 5.84. The zero-order valence-corrected chi connectivity index (χ0v) is 11.3. The largest absolute Gasteiger partial charge is 0.573 e. The van der Waals surface area contributed by atoms with Crippen molar-refractivity contribution in [3.05, 3.63) is 21.0 Å². The Morgan fingerprint density at radius 3 is 2.42 bits per heavy atom. The van der Waals surface area contributed by atoms with Crippen LogP contribution in [0.4, 0.5) is 22.0 Å². The normalized spacial score (nSPS) is 11.6. The smallest absolute Gasteiger partial charge is 0.464 e. The van der Waals surface area contributed by atoms with E-state index in [4.69, 9.17) is 0 Å². The number of halogens is 6. The molecule has 0 unspecified atom stereocenters. The van der Waals surface area contributed by atoms with Gasteiger partial charge < -0.3 is 9.47 Å². The van der Waals surface area contributed by atoms with Gasteiger partial charge >= 0.3 is 12.3 Å². The summed E-state index contributed by atoms with van der Waals surface area (Å²) in [5.74, 6) is -2.65. The maximum Gasteiger partial charge on any atom is 0.573 e. The highest BCUT2D eigenvalue weighted by Crippen LogP contribution is 2.38. The number of hydrogen-bond acceptors (Lipinski definition) is 4. The fourth-order valence-electron chi connectivity index (χ4n) is 1.15. The van der Waals surface area contributed by atoms with Gasteiger partial charge in [-0.15, -0.1) is 13.2 Å². The number of carbonyl (C=O) groups is 1. The molecule has 0 saturated carbocycles. The Hall–Kier alpha value is -1.20. The summed E-state index contributed by atoms with van der Waals surface area (Å²) < 4.78 is 69.6. The molecule has 1 rings (SSSR count). The molecule has 0 fully saturated rings. The van der Waals surface area contributed by atoms with Gasteiger partial charge in [-0.1, -0.05) is 0 Å². The van der Waals surface area contributed by atoms with Crippen molar-refractivity contribution in [3.8, 4) is 5.75 Å². The summed E-state index contributed by atoms with van der Waals surface area (Å²) >= 11 is 1.36. The molecule has 0 bridgehead atoms. The lowest BCUT2D eigenvalue weighted by Gasteiger charge is -2.16. The molecule has 0 saturated heterocycles. The Labute approximate surface area is 117 Å². The van der Waals surface area contributed by atoms with Crippen LogP contribution in [0.15, 0.2) is 6.20 Å². The van der Waals surface area contributed by atoms with E-state index in [1.165, 1.54) is 22.6 Å². The number of rotatable bonds is 3. The lowest BCUT2D eigenvalue weighted by molar-refractivity contribution is -0.275. The Bertz CT molecular complexity index is 491. The Kier molecular flexibility index (Phi) is 4.87. The number of alkyl halides is 5. The Morgan fingerprint density at radius 1 is 1.42 bits per heavy atom. The summed E-state index contributed by atoms with van der Waals surface area (Å²) in [6.07, 6.45) is -7.67. The minimum absolute atomic E-state index is 0.264. The first-order valence-corrected chi connectivity index (χ1v) is 5.56. The molecular weight excluding hydrogens is 392 g/mol. The third kappa shape index (κ3) is 3.88. The number of carbonyl (C=O) groups excluding carboxylic acids is 1. The number of pyridine rings is 1. The van der Waals surface area contributed by atoms with Gasteiger partial charge in [-0.25, -0.2) is 18.6 Å². The van der Waals surface area contributed by atoms with E-state index in [-0.39, 0.29) is 3.57 Å². The molecule has 0 radical (unpaired) electrons. The van der Waals surface area contributed by atoms with Crippen LogP contribution >= 0.6 is 22.6 Å². The van der Waals surface area contributed by atoms with Gasteiger partial charge in [-0.05, 0) is 22.6 Å². The molecule has 1 aromatic rings. The fourth-order valence-corrected chi connectivity index (χ4v) is 1.77. The highest BCUT2D eigenvalue weighted by atomic mass is 127. The summed E-state index contributed by atoms with van der Waals surface area (Å²) in [6, 6.07) is 0. The highest BCUT2D eigenvalue weighted by Gasteiger charge is 2.37. The SMILES string of the molecule is COC(=O)c1ncc(I)c(C(F)F)c1OC(F)(F)F. The van der Waals surface area contributed by atoms with Gasteiger partial charge in [0.2, 0.25) is 0 Å². The molecule has 0 aliphatic rings. The predicted molar refractivity (Wildman–Crippen MR) is 59.9 cm³/mol. The van der Waals surface area contributed by atoms with Crippen molar-refractivity contribution in [2.75, 3.05) is 7.11 Å². The fraction of sp³-hybridized carbons (Fsp3) is 0.333. The molecule has 0 N–H and O–H groups in total. The van der Waals surface area contributed by atoms with Crippen molar-refractivity contribution in [3.63, 3.8) is 0 Å². The standard InChI is InChI=1S/C9H5F5INO3/c1-18-8(17)5-6(19-9(12,13)14)4(7(10)11)3(15)2-16-5/h2,7H,1H3. The van der Waals surface area contributed by atoms with Crippen molar-refractivity contribution < 1.29 is 36.2 Å². The van der Waals surface area contributed by atoms with Crippen LogP contribution in [0.2, 0.25) is 0 Å². The Balaban J connectivity index is 3.49. The van der Waals surface area contributed by atoms with Crippen molar-refractivity contribution >= 4 is 28.6 Å². The molecule has 0 aliphatic carbocycles. The average molecular weight is 397 g/mol. The van der Waals surface area contributed by atoms with Gasteiger partial charge in [0.25, 0.3) is 6.43 Å². The first kappa shape index (κ1) is 15.9. The predicted octanol–water partition coefficient (Wildman–Crippen LogP) is 3.31. The molecule has 0 atom stereocenters. The van der Waals surface area contributed by atoms with E-state index in [1.807, 2.05) is 0 Å². The van der Waals surface area contributed by atoms with Crippen LogP contribution in [-0.2, 0) is 4.74 Å². The minimum Gasteiger partial charge on any atom is -0.464 e. The van der Waals surface area contributed by atoms with Gasteiger partial charge in [0.1, 0.15) is 0 Å². The molecule has 106 valence electrons. The van der Waals surface area contributed by atoms with Gasteiger partial charge in [-0.2, -0.15) is 0 Å². The molecule has 0 amide bonds. The first-order chi connectivity index (χ1) is 8.67. The number of hydrogen-bond donors (Lipinski definition) is 0. The quantitative estimate of drug-likeness (QED) is 0.446. The van der Waals surface area contributed by atoms with Crippen LogP contribution in [0.25, 0.3) is 0 Å². The topological polar surface area (TPSA) is 48.4 Å². The van der Waals surface area contributed by atoms with Crippen LogP contribution in [0.3, 0.4) is 0 Å². The van der Waals surface area contributed by atoms with E-state index in [9.17, 15) is 26.7 Å². The third-order valence-corrected chi connectivity index (χ3v) is 2.70. The van der Waals surface area contributed by atoms with E-state index in [0.717, 1.165) is 13.3 Å². The van der Waals surface area contributed by atoms with Crippen LogP contribution in [-0.4, -0.2) is 24.4 Å². The van der Waals surface area contributed by atoms with Crippen LogP contribution < -0.4 is 4.74 Å². The molecule has 10 heteroatoms. The number of ether oxygens (including phenoxy) is 2. The van der Waals surface area contributed by atoms with Crippen LogP contribution in [0.5, 0.6) is 5.75 Å². The summed E-state index contributed by atoms with van der Waals surface area (Å²) in [5, 5.41) is 0. The Morgan fingerprint density at radius 2 is 2.00 bits per heavy atom. The van der Waals surface area contributed by atoms with Gasteiger partial charge in [0.15, 0.2) is 11.4 Å². The van der Waals surface area contributed by atoms with Gasteiger partial charge in [-0.3, -0.25) is 0 Å². The van der Waals surface area contributed by atoms with Crippen LogP contribution in [0, 0.1) is 3.57 Å². The number of aromatic nitrogens is 1. The highest BCUT2D eigenvalue weighted by molar-refractivity contribution is 14.1. The average Bonchev–Trinajstić information content (AvgIpc) is 2.25. The molecule has 1 heterocycles. The lowest BCUT2D eigenvalue weighted by atomic mass is 10.2. The number of methoxy groups -OCH3 is 1. The summed E-state index contributed by atoms with van der Waals surface area (Å²) in [5.41, 5.74) is -2.02. The van der Waals surface area contributed by atoms with E-state index in [0.29, 0.717) is 0 Å². The second-order valence-corrected chi connectivity index (χ2v) is 4.20. The van der Waals surface area contributed by atoms with Crippen molar-refractivity contribution in [1.82, 2.24) is 4.98 Å². The summed E-state index contributed by atoms with van der Waals surface area (Å²) in [6.45, 7) is 0. The molecular formula is C9H5F5INO3. The molecule has 0 aromatic carbocycles. The molecule has 4 nitrogen and oxygen atoms in total. The third-order valence-electron chi connectivity index (χ3n) is 1.84. The van der Waals surface area contributed by atoms with E-state index in [1.54, 1.807) is 0 Å². The molecule has 1 aromatic heterocycles.